The number of aliphatic hydroxyl groups excluding tert-OH is 1. The Bertz CT molecular complexity index is 258. The molecule has 106 valence electrons. The minimum absolute atomic E-state index is 0.147. The van der Waals surface area contributed by atoms with Crippen LogP contribution in [-0.4, -0.2) is 47.7 Å². The quantitative estimate of drug-likeness (QED) is 0.755. The maximum Gasteiger partial charge on any atom is 0.219 e. The summed E-state index contributed by atoms with van der Waals surface area (Å²) in [6.45, 7) is 8.40. The van der Waals surface area contributed by atoms with E-state index >= 15 is 0 Å². The summed E-state index contributed by atoms with van der Waals surface area (Å²) in [5.74, 6) is 0.570. The smallest absolute Gasteiger partial charge is 0.219 e. The molecule has 1 saturated heterocycles. The molecule has 1 aliphatic rings. The second kappa shape index (κ2) is 7.74. The molecule has 0 aromatic rings. The van der Waals surface area contributed by atoms with Crippen molar-refractivity contribution >= 4 is 5.91 Å². The fraction of sp³-hybridized carbons (Fsp3) is 0.929. The summed E-state index contributed by atoms with van der Waals surface area (Å²) in [5.41, 5.74) is 0. The van der Waals surface area contributed by atoms with Crippen molar-refractivity contribution in [2.75, 3.05) is 19.6 Å². The highest BCUT2D eigenvalue weighted by atomic mass is 16.3. The number of aliphatic hydroxyl groups is 1. The van der Waals surface area contributed by atoms with E-state index in [-0.39, 0.29) is 12.0 Å². The molecule has 3 unspecified atom stereocenters. The number of carbonyl (C=O) groups excluding carboxylic acids is 1. The normalized spacial score (nSPS) is 26.1. The summed E-state index contributed by atoms with van der Waals surface area (Å²) >= 11 is 0. The predicted octanol–water partition coefficient (Wildman–Crippen LogP) is 1.38. The number of hydrogen-bond donors (Lipinski definition) is 2. The minimum Gasteiger partial charge on any atom is -0.393 e. The highest BCUT2D eigenvalue weighted by molar-refractivity contribution is 5.73. The molecule has 3 atom stereocenters. The van der Waals surface area contributed by atoms with Crippen molar-refractivity contribution < 1.29 is 9.90 Å². The van der Waals surface area contributed by atoms with Crippen LogP contribution in [0.1, 0.15) is 46.5 Å². The molecular formula is C14H28N2O2. The molecule has 0 saturated carbocycles. The lowest BCUT2D eigenvalue weighted by Gasteiger charge is -2.38. The molecule has 1 heterocycles. The summed E-state index contributed by atoms with van der Waals surface area (Å²) in [4.78, 5) is 13.5. The molecule has 0 spiro atoms. The molecule has 0 aromatic heterocycles. The third-order valence-corrected chi connectivity index (χ3v) is 3.74. The lowest BCUT2D eigenvalue weighted by Crippen LogP contribution is -2.51. The third-order valence-electron chi connectivity index (χ3n) is 3.74. The van der Waals surface area contributed by atoms with Crippen molar-refractivity contribution in [1.82, 2.24) is 10.2 Å². The van der Waals surface area contributed by atoms with Crippen molar-refractivity contribution in [3.05, 3.63) is 0 Å². The fourth-order valence-electron chi connectivity index (χ4n) is 2.68. The average molecular weight is 256 g/mol. The Morgan fingerprint density at radius 1 is 1.44 bits per heavy atom. The van der Waals surface area contributed by atoms with E-state index in [0.717, 1.165) is 45.3 Å². The van der Waals surface area contributed by atoms with Gasteiger partial charge in [0.1, 0.15) is 0 Å². The number of hydrogen-bond acceptors (Lipinski definition) is 3. The van der Waals surface area contributed by atoms with Gasteiger partial charge in [-0.25, -0.2) is 0 Å². The van der Waals surface area contributed by atoms with Gasteiger partial charge in [0.05, 0.1) is 6.10 Å². The Hall–Kier alpha value is -0.610. The van der Waals surface area contributed by atoms with E-state index < -0.39 is 0 Å². The van der Waals surface area contributed by atoms with Gasteiger partial charge in [-0.15, -0.1) is 0 Å². The van der Waals surface area contributed by atoms with Gasteiger partial charge in [-0.2, -0.15) is 0 Å². The van der Waals surface area contributed by atoms with Gasteiger partial charge in [0.2, 0.25) is 5.91 Å². The van der Waals surface area contributed by atoms with E-state index in [1.165, 1.54) is 0 Å². The molecule has 4 nitrogen and oxygen atoms in total. The predicted molar refractivity (Wildman–Crippen MR) is 73.4 cm³/mol. The van der Waals surface area contributed by atoms with Crippen molar-refractivity contribution in [2.45, 2.75) is 58.6 Å². The molecular weight excluding hydrogens is 228 g/mol. The molecule has 18 heavy (non-hydrogen) atoms. The number of nitrogens with one attached hydrogen (secondary N) is 1. The Morgan fingerprint density at radius 2 is 2.17 bits per heavy atom. The van der Waals surface area contributed by atoms with Crippen LogP contribution >= 0.6 is 0 Å². The largest absolute Gasteiger partial charge is 0.393 e. The zero-order valence-electron chi connectivity index (χ0n) is 12.0. The van der Waals surface area contributed by atoms with Gasteiger partial charge in [-0.3, -0.25) is 4.79 Å². The average Bonchev–Trinajstić information content (AvgIpc) is 2.35. The van der Waals surface area contributed by atoms with E-state index in [1.54, 1.807) is 6.92 Å². The van der Waals surface area contributed by atoms with Crippen LogP contribution in [0.2, 0.25) is 0 Å². The topological polar surface area (TPSA) is 52.6 Å². The van der Waals surface area contributed by atoms with Crippen molar-refractivity contribution in [2.24, 2.45) is 5.92 Å². The van der Waals surface area contributed by atoms with Crippen LogP contribution in [0, 0.1) is 5.92 Å². The highest BCUT2D eigenvalue weighted by Crippen LogP contribution is 2.22. The molecule has 0 aromatic carbocycles. The summed E-state index contributed by atoms with van der Waals surface area (Å²) in [6, 6.07) is 0.386. The first-order chi connectivity index (χ1) is 8.56. The molecule has 1 rings (SSSR count). The maximum absolute atomic E-state index is 11.6. The van der Waals surface area contributed by atoms with Crippen LogP contribution in [0.3, 0.4) is 0 Å². The first-order valence-electron chi connectivity index (χ1n) is 7.23. The number of carbonyl (C=O) groups is 1. The zero-order chi connectivity index (χ0) is 13.5. The molecule has 2 N–H and O–H groups in total. The Morgan fingerprint density at radius 3 is 2.72 bits per heavy atom. The second-order valence-corrected chi connectivity index (χ2v) is 5.47. The summed E-state index contributed by atoms with van der Waals surface area (Å²) in [5, 5.41) is 13.3. The number of rotatable bonds is 6. The van der Waals surface area contributed by atoms with Crippen LogP contribution in [0.25, 0.3) is 0 Å². The van der Waals surface area contributed by atoms with Crippen LogP contribution in [0.15, 0.2) is 0 Å². The van der Waals surface area contributed by atoms with Crippen molar-refractivity contribution in [3.8, 4) is 0 Å². The fourth-order valence-corrected chi connectivity index (χ4v) is 2.68. The Labute approximate surface area is 111 Å². The van der Waals surface area contributed by atoms with Gasteiger partial charge in [0.25, 0.3) is 0 Å². The molecule has 0 bridgehead atoms. The van der Waals surface area contributed by atoms with Crippen LogP contribution < -0.4 is 5.32 Å². The monoisotopic (exact) mass is 256 g/mol. The second-order valence-electron chi connectivity index (χ2n) is 5.47. The zero-order valence-corrected chi connectivity index (χ0v) is 12.0. The summed E-state index contributed by atoms with van der Waals surface area (Å²) in [7, 11) is 0. The molecule has 1 amide bonds. The number of piperidine rings is 1. The first kappa shape index (κ1) is 15.4. The number of amides is 1. The summed E-state index contributed by atoms with van der Waals surface area (Å²) < 4.78 is 0. The van der Waals surface area contributed by atoms with Gasteiger partial charge in [0, 0.05) is 26.1 Å². The van der Waals surface area contributed by atoms with E-state index in [0.29, 0.717) is 12.0 Å². The van der Waals surface area contributed by atoms with Crippen molar-refractivity contribution in [1.29, 1.82) is 0 Å². The molecule has 0 aliphatic carbocycles. The van der Waals surface area contributed by atoms with Gasteiger partial charge < -0.3 is 15.3 Å². The first-order valence-corrected chi connectivity index (χ1v) is 7.23. The number of likely N-dealkylation sites (tertiary alicyclic amines) is 1. The van der Waals surface area contributed by atoms with Crippen LogP contribution in [-0.2, 0) is 4.79 Å². The standard InChI is InChI=1S/C14H28N2O2/c1-4-6-15-13-7-12(8-14(18)5-2)9-16(10-13)11(3)17/h12-15,18H,4-10H2,1-3H3. The SMILES string of the molecule is CCCNC1CC(CC(O)CC)CN(C(C)=O)C1. The van der Waals surface area contributed by atoms with E-state index in [4.69, 9.17) is 0 Å². The minimum atomic E-state index is -0.228. The Kier molecular flexibility index (Phi) is 6.65. The molecule has 1 aliphatic heterocycles. The van der Waals surface area contributed by atoms with Gasteiger partial charge >= 0.3 is 0 Å². The van der Waals surface area contributed by atoms with E-state index in [2.05, 4.69) is 12.2 Å². The highest BCUT2D eigenvalue weighted by Gasteiger charge is 2.29. The van der Waals surface area contributed by atoms with E-state index in [1.807, 2.05) is 11.8 Å². The maximum atomic E-state index is 11.6. The van der Waals surface area contributed by atoms with Gasteiger partial charge in [-0.05, 0) is 38.1 Å². The summed E-state index contributed by atoms with van der Waals surface area (Å²) in [6.07, 6.45) is 3.56. The van der Waals surface area contributed by atoms with E-state index in [9.17, 15) is 9.90 Å². The molecule has 4 heteroatoms. The lowest BCUT2D eigenvalue weighted by molar-refractivity contribution is -0.131. The molecule has 1 fully saturated rings. The number of nitrogens with zero attached hydrogens (tertiary/aromatic N) is 1. The lowest BCUT2D eigenvalue weighted by atomic mass is 9.89. The Balaban J connectivity index is 2.53. The van der Waals surface area contributed by atoms with Gasteiger partial charge in [-0.1, -0.05) is 13.8 Å². The van der Waals surface area contributed by atoms with Crippen LogP contribution in [0.5, 0.6) is 0 Å². The molecule has 0 radical (unpaired) electrons. The van der Waals surface area contributed by atoms with Crippen molar-refractivity contribution in [3.63, 3.8) is 0 Å². The third kappa shape index (κ3) is 4.94. The van der Waals surface area contributed by atoms with Crippen LogP contribution in [0.4, 0.5) is 0 Å². The van der Waals surface area contributed by atoms with Gasteiger partial charge in [0.15, 0.2) is 0 Å².